The predicted octanol–water partition coefficient (Wildman–Crippen LogP) is 3.79. The minimum absolute atomic E-state index is 0.107. The predicted molar refractivity (Wildman–Crippen MR) is 96.7 cm³/mol. The Balaban J connectivity index is 1.53. The molecule has 0 saturated carbocycles. The highest BCUT2D eigenvalue weighted by molar-refractivity contribution is 5.14. The van der Waals surface area contributed by atoms with Crippen LogP contribution in [-0.4, -0.2) is 25.3 Å². The molecule has 1 aliphatic heterocycles. The van der Waals surface area contributed by atoms with Crippen molar-refractivity contribution in [1.82, 2.24) is 5.32 Å². The van der Waals surface area contributed by atoms with Gasteiger partial charge in [-0.3, -0.25) is 0 Å². The van der Waals surface area contributed by atoms with Gasteiger partial charge in [0.15, 0.2) is 0 Å². The summed E-state index contributed by atoms with van der Waals surface area (Å²) < 4.78 is 12.2. The van der Waals surface area contributed by atoms with Crippen LogP contribution in [0.5, 0.6) is 0 Å². The minimum atomic E-state index is 0.107. The van der Waals surface area contributed by atoms with E-state index in [0.29, 0.717) is 19.8 Å². The van der Waals surface area contributed by atoms with Crippen LogP contribution < -0.4 is 5.32 Å². The Bertz CT molecular complexity index is 612. The second kappa shape index (κ2) is 7.93. The first-order valence-corrected chi connectivity index (χ1v) is 8.66. The van der Waals surface area contributed by atoms with Gasteiger partial charge in [-0.25, -0.2) is 0 Å². The Labute approximate surface area is 145 Å². The third-order valence-electron chi connectivity index (χ3n) is 4.64. The summed E-state index contributed by atoms with van der Waals surface area (Å²) in [5, 5.41) is 3.57. The number of benzene rings is 2. The van der Waals surface area contributed by atoms with E-state index in [1.54, 1.807) is 0 Å². The molecule has 0 unspecified atom stereocenters. The van der Waals surface area contributed by atoms with Gasteiger partial charge in [-0.2, -0.15) is 0 Å². The summed E-state index contributed by atoms with van der Waals surface area (Å²) in [6.07, 6.45) is 0.147. The average molecular weight is 325 g/mol. The number of nitrogens with one attached hydrogen (secondary N) is 1. The lowest BCUT2D eigenvalue weighted by molar-refractivity contribution is -0.0409. The van der Waals surface area contributed by atoms with Crippen LogP contribution in [0, 0.1) is 5.41 Å². The summed E-state index contributed by atoms with van der Waals surface area (Å²) in [5.41, 5.74) is 2.52. The molecule has 3 heteroatoms. The zero-order chi connectivity index (χ0) is 16.8. The van der Waals surface area contributed by atoms with Crippen molar-refractivity contribution in [2.75, 3.05) is 13.2 Å². The quantitative estimate of drug-likeness (QED) is 0.840. The molecule has 2 atom stereocenters. The van der Waals surface area contributed by atoms with E-state index in [9.17, 15) is 0 Å². The van der Waals surface area contributed by atoms with Gasteiger partial charge in [0.05, 0.1) is 32.0 Å². The maximum Gasteiger partial charge on any atom is 0.0818 e. The SMILES string of the molecule is CC1(C)CN[C@H](COCc2ccccc2)[C@H]1OCc1ccccc1. The lowest BCUT2D eigenvalue weighted by atomic mass is 9.87. The molecule has 2 aromatic carbocycles. The summed E-state index contributed by atoms with van der Waals surface area (Å²) in [5.74, 6) is 0. The largest absolute Gasteiger partial charge is 0.375 e. The maximum atomic E-state index is 6.28. The van der Waals surface area contributed by atoms with Crippen molar-refractivity contribution in [3.8, 4) is 0 Å². The Morgan fingerprint density at radius 3 is 2.12 bits per heavy atom. The van der Waals surface area contributed by atoms with Crippen LogP contribution in [-0.2, 0) is 22.7 Å². The zero-order valence-corrected chi connectivity index (χ0v) is 14.6. The summed E-state index contributed by atoms with van der Waals surface area (Å²) in [6, 6.07) is 20.9. The van der Waals surface area contributed by atoms with E-state index in [2.05, 4.69) is 55.6 Å². The van der Waals surface area contributed by atoms with Crippen molar-refractivity contribution in [1.29, 1.82) is 0 Å². The molecule has 0 bridgehead atoms. The molecule has 3 rings (SSSR count). The molecule has 2 aromatic rings. The van der Waals surface area contributed by atoms with Gasteiger partial charge in [-0.15, -0.1) is 0 Å². The molecule has 0 amide bonds. The van der Waals surface area contributed by atoms with E-state index in [4.69, 9.17) is 9.47 Å². The highest BCUT2D eigenvalue weighted by Crippen LogP contribution is 2.31. The van der Waals surface area contributed by atoms with E-state index in [1.165, 1.54) is 11.1 Å². The molecule has 1 heterocycles. The molecule has 1 aliphatic rings. The van der Waals surface area contributed by atoms with Crippen LogP contribution >= 0.6 is 0 Å². The van der Waals surface area contributed by atoms with E-state index in [-0.39, 0.29) is 17.6 Å². The third-order valence-corrected chi connectivity index (χ3v) is 4.64. The van der Waals surface area contributed by atoms with Gasteiger partial charge in [0.1, 0.15) is 0 Å². The van der Waals surface area contributed by atoms with Crippen molar-refractivity contribution >= 4 is 0 Å². The Hall–Kier alpha value is -1.68. The highest BCUT2D eigenvalue weighted by Gasteiger charge is 2.42. The van der Waals surface area contributed by atoms with Gasteiger partial charge in [-0.05, 0) is 11.1 Å². The Morgan fingerprint density at radius 1 is 0.917 bits per heavy atom. The van der Waals surface area contributed by atoms with Gasteiger partial charge >= 0.3 is 0 Å². The smallest absolute Gasteiger partial charge is 0.0818 e. The van der Waals surface area contributed by atoms with Gasteiger partial charge < -0.3 is 14.8 Å². The first-order valence-electron chi connectivity index (χ1n) is 8.66. The lowest BCUT2D eigenvalue weighted by Crippen LogP contribution is -2.40. The number of rotatable bonds is 7. The van der Waals surface area contributed by atoms with Gasteiger partial charge in [0, 0.05) is 12.0 Å². The molecule has 24 heavy (non-hydrogen) atoms. The molecule has 1 N–H and O–H groups in total. The van der Waals surface area contributed by atoms with Crippen molar-refractivity contribution in [2.24, 2.45) is 5.41 Å². The fourth-order valence-corrected chi connectivity index (χ4v) is 3.27. The van der Waals surface area contributed by atoms with Gasteiger partial charge in [0.2, 0.25) is 0 Å². The van der Waals surface area contributed by atoms with Crippen LogP contribution in [0.4, 0.5) is 0 Å². The molecule has 0 radical (unpaired) electrons. The summed E-state index contributed by atoms with van der Waals surface area (Å²) >= 11 is 0. The molecule has 1 saturated heterocycles. The minimum Gasteiger partial charge on any atom is -0.375 e. The second-order valence-corrected chi connectivity index (χ2v) is 7.19. The molecule has 0 aromatic heterocycles. The Morgan fingerprint density at radius 2 is 1.50 bits per heavy atom. The van der Waals surface area contributed by atoms with E-state index in [1.807, 2.05) is 24.3 Å². The van der Waals surface area contributed by atoms with Crippen LogP contribution in [0.3, 0.4) is 0 Å². The first-order chi connectivity index (χ1) is 11.6. The van der Waals surface area contributed by atoms with Crippen molar-refractivity contribution in [3.05, 3.63) is 71.8 Å². The van der Waals surface area contributed by atoms with E-state index >= 15 is 0 Å². The summed E-state index contributed by atoms with van der Waals surface area (Å²) in [7, 11) is 0. The first kappa shape index (κ1) is 17.2. The lowest BCUT2D eigenvalue weighted by Gasteiger charge is -2.29. The number of hydrogen-bond donors (Lipinski definition) is 1. The van der Waals surface area contributed by atoms with Gasteiger partial charge in [-0.1, -0.05) is 74.5 Å². The van der Waals surface area contributed by atoms with Crippen molar-refractivity contribution in [2.45, 2.75) is 39.2 Å². The van der Waals surface area contributed by atoms with Crippen LogP contribution in [0.15, 0.2) is 60.7 Å². The zero-order valence-electron chi connectivity index (χ0n) is 14.6. The third kappa shape index (κ3) is 4.44. The maximum absolute atomic E-state index is 6.28. The monoisotopic (exact) mass is 325 g/mol. The average Bonchev–Trinajstić information content (AvgIpc) is 2.89. The number of hydrogen-bond acceptors (Lipinski definition) is 3. The van der Waals surface area contributed by atoms with E-state index in [0.717, 1.165) is 6.54 Å². The highest BCUT2D eigenvalue weighted by atomic mass is 16.5. The summed E-state index contributed by atoms with van der Waals surface area (Å²) in [4.78, 5) is 0. The molecule has 128 valence electrons. The summed E-state index contributed by atoms with van der Waals surface area (Å²) in [6.45, 7) is 7.42. The molecule has 1 fully saturated rings. The van der Waals surface area contributed by atoms with Gasteiger partial charge in [0.25, 0.3) is 0 Å². The molecule has 0 aliphatic carbocycles. The molecular formula is C21H27NO2. The normalized spacial score (nSPS) is 22.6. The second-order valence-electron chi connectivity index (χ2n) is 7.19. The van der Waals surface area contributed by atoms with Crippen LogP contribution in [0.2, 0.25) is 0 Å². The van der Waals surface area contributed by atoms with Crippen molar-refractivity contribution in [3.63, 3.8) is 0 Å². The Kier molecular flexibility index (Phi) is 5.67. The standard InChI is InChI=1S/C21H27NO2/c1-21(2)16-22-19(15-23-13-17-9-5-3-6-10-17)20(21)24-14-18-11-7-4-8-12-18/h3-12,19-20,22H,13-16H2,1-2H3/t19-,20-/m1/s1. The topological polar surface area (TPSA) is 30.5 Å². The van der Waals surface area contributed by atoms with Crippen LogP contribution in [0.25, 0.3) is 0 Å². The van der Waals surface area contributed by atoms with Crippen LogP contribution in [0.1, 0.15) is 25.0 Å². The number of ether oxygens (including phenoxy) is 2. The fraction of sp³-hybridized carbons (Fsp3) is 0.429. The fourth-order valence-electron chi connectivity index (χ4n) is 3.27. The van der Waals surface area contributed by atoms with E-state index < -0.39 is 0 Å². The molecular weight excluding hydrogens is 298 g/mol. The molecule has 3 nitrogen and oxygen atoms in total. The van der Waals surface area contributed by atoms with Crippen molar-refractivity contribution < 1.29 is 9.47 Å². The molecule has 0 spiro atoms.